The highest BCUT2D eigenvalue weighted by Crippen LogP contribution is 2.28. The number of nitrogens with two attached hydrogens (primary N) is 1. The zero-order valence-electron chi connectivity index (χ0n) is 11.9. The number of alkyl halides is 3. The highest BCUT2D eigenvalue weighted by atomic mass is 35.5. The first-order valence-corrected chi connectivity index (χ1v) is 6.35. The summed E-state index contributed by atoms with van der Waals surface area (Å²) in [5.41, 5.74) is 6.52. The molecule has 0 radical (unpaired) electrons. The maximum atomic E-state index is 12.1. The molecule has 9 heteroatoms. The molecule has 0 bridgehead atoms. The maximum Gasteiger partial charge on any atom is 0.573 e. The van der Waals surface area contributed by atoms with Gasteiger partial charge in [-0.1, -0.05) is 18.2 Å². The Labute approximate surface area is 140 Å². The fourth-order valence-corrected chi connectivity index (χ4v) is 1.99. The first-order valence-electron chi connectivity index (χ1n) is 6.35. The van der Waals surface area contributed by atoms with Crippen LogP contribution in [0.5, 0.6) is 11.5 Å². The van der Waals surface area contributed by atoms with E-state index in [9.17, 15) is 23.1 Å². The molecule has 0 spiro atoms. The van der Waals surface area contributed by atoms with Gasteiger partial charge in [-0.05, 0) is 35.4 Å². The number of rotatable bonds is 4. The van der Waals surface area contributed by atoms with E-state index in [0.29, 0.717) is 11.1 Å². The van der Waals surface area contributed by atoms with Gasteiger partial charge in [0.1, 0.15) is 17.1 Å². The summed E-state index contributed by atoms with van der Waals surface area (Å²) in [7, 11) is 0. The van der Waals surface area contributed by atoms with E-state index >= 15 is 0 Å². The van der Waals surface area contributed by atoms with Crippen molar-refractivity contribution in [2.45, 2.75) is 12.4 Å². The second-order valence-electron chi connectivity index (χ2n) is 4.68. The standard InChI is InChI=1S/C15H12F3NO4.ClH/c16-15(17,18)23-10-4-1-8(2-5-10)13(19)9-3-6-12(20)11(7-9)14(21)22;/h1-7,13,20H,19H2,(H,21,22);1H/t13-;/m1./s1. The summed E-state index contributed by atoms with van der Waals surface area (Å²) in [6, 6.07) is 7.99. The fourth-order valence-electron chi connectivity index (χ4n) is 1.99. The van der Waals surface area contributed by atoms with Crippen LogP contribution in [0, 0.1) is 0 Å². The molecule has 0 aromatic heterocycles. The molecular formula is C15H13ClF3NO4. The SMILES string of the molecule is Cl.N[C@H](c1ccc(OC(F)(F)F)cc1)c1ccc(O)c(C(=O)O)c1. The van der Waals surface area contributed by atoms with Crippen molar-refractivity contribution in [1.82, 2.24) is 0 Å². The van der Waals surface area contributed by atoms with Crippen molar-refractivity contribution in [2.24, 2.45) is 5.73 Å². The second kappa shape index (κ2) is 7.41. The molecule has 2 aromatic carbocycles. The third kappa shape index (κ3) is 4.77. The number of aromatic carboxylic acids is 1. The lowest BCUT2D eigenvalue weighted by Crippen LogP contribution is -2.17. The Bertz CT molecular complexity index is 720. The predicted molar refractivity (Wildman–Crippen MR) is 81.5 cm³/mol. The van der Waals surface area contributed by atoms with Crippen LogP contribution in [0.4, 0.5) is 13.2 Å². The van der Waals surface area contributed by atoms with Gasteiger partial charge in [-0.25, -0.2) is 4.79 Å². The summed E-state index contributed by atoms with van der Waals surface area (Å²) in [5, 5.41) is 18.4. The van der Waals surface area contributed by atoms with E-state index in [1.165, 1.54) is 30.3 Å². The normalized spacial score (nSPS) is 12.2. The number of carboxylic acid groups (broad SMARTS) is 1. The van der Waals surface area contributed by atoms with Crippen molar-refractivity contribution in [3.05, 3.63) is 59.2 Å². The number of carboxylic acids is 1. The summed E-state index contributed by atoms with van der Waals surface area (Å²) < 4.78 is 40.0. The number of halogens is 4. The van der Waals surface area contributed by atoms with Crippen LogP contribution in [0.3, 0.4) is 0 Å². The van der Waals surface area contributed by atoms with E-state index in [1.54, 1.807) is 0 Å². The maximum absolute atomic E-state index is 12.1. The lowest BCUT2D eigenvalue weighted by Gasteiger charge is -2.15. The van der Waals surface area contributed by atoms with Gasteiger partial charge in [-0.15, -0.1) is 25.6 Å². The molecule has 1 atom stereocenters. The van der Waals surface area contributed by atoms with E-state index < -0.39 is 24.1 Å². The molecule has 0 heterocycles. The molecule has 2 rings (SSSR count). The van der Waals surface area contributed by atoms with Crippen LogP contribution < -0.4 is 10.5 Å². The van der Waals surface area contributed by atoms with Gasteiger partial charge in [0.05, 0.1) is 6.04 Å². The molecule has 0 aliphatic rings. The van der Waals surface area contributed by atoms with Crippen LogP contribution >= 0.6 is 12.4 Å². The van der Waals surface area contributed by atoms with Crippen molar-refractivity contribution >= 4 is 18.4 Å². The lowest BCUT2D eigenvalue weighted by atomic mass is 9.97. The van der Waals surface area contributed by atoms with E-state index in [-0.39, 0.29) is 23.7 Å². The minimum absolute atomic E-state index is 0. The first-order chi connectivity index (χ1) is 10.7. The smallest absolute Gasteiger partial charge is 0.507 e. The van der Waals surface area contributed by atoms with Crippen LogP contribution in [0.15, 0.2) is 42.5 Å². The number of benzene rings is 2. The van der Waals surface area contributed by atoms with E-state index in [1.807, 2.05) is 0 Å². The Morgan fingerprint density at radius 1 is 1.08 bits per heavy atom. The molecular weight excluding hydrogens is 351 g/mol. The van der Waals surface area contributed by atoms with Gasteiger partial charge in [-0.2, -0.15) is 0 Å². The Morgan fingerprint density at radius 2 is 1.62 bits per heavy atom. The minimum Gasteiger partial charge on any atom is -0.507 e. The largest absolute Gasteiger partial charge is 0.573 e. The molecule has 2 aromatic rings. The average molecular weight is 364 g/mol. The van der Waals surface area contributed by atoms with Gasteiger partial charge in [-0.3, -0.25) is 0 Å². The van der Waals surface area contributed by atoms with Crippen LogP contribution in [0.1, 0.15) is 27.5 Å². The molecule has 0 aliphatic carbocycles. The van der Waals surface area contributed by atoms with Crippen LogP contribution in [-0.2, 0) is 0 Å². The predicted octanol–water partition coefficient (Wildman–Crippen LogP) is 3.46. The van der Waals surface area contributed by atoms with Crippen molar-refractivity contribution in [1.29, 1.82) is 0 Å². The lowest BCUT2D eigenvalue weighted by molar-refractivity contribution is -0.274. The molecule has 0 saturated heterocycles. The fraction of sp³-hybridized carbons (Fsp3) is 0.133. The number of aromatic hydroxyl groups is 1. The Hall–Kier alpha value is -2.45. The summed E-state index contributed by atoms with van der Waals surface area (Å²) in [5.74, 6) is -2.10. The van der Waals surface area contributed by atoms with Crippen LogP contribution in [-0.4, -0.2) is 22.5 Å². The second-order valence-corrected chi connectivity index (χ2v) is 4.68. The Morgan fingerprint density at radius 3 is 2.12 bits per heavy atom. The summed E-state index contributed by atoms with van der Waals surface area (Å²) >= 11 is 0. The number of carbonyl (C=O) groups is 1. The van der Waals surface area contributed by atoms with Crippen molar-refractivity contribution in [2.75, 3.05) is 0 Å². The average Bonchev–Trinajstić information content (AvgIpc) is 2.46. The number of ether oxygens (including phenoxy) is 1. The van der Waals surface area contributed by atoms with Gasteiger partial charge in [0.2, 0.25) is 0 Å². The summed E-state index contributed by atoms with van der Waals surface area (Å²) in [6.07, 6.45) is -4.78. The Balaban J connectivity index is 0.00000288. The molecule has 0 fully saturated rings. The van der Waals surface area contributed by atoms with Gasteiger partial charge in [0.25, 0.3) is 0 Å². The molecule has 24 heavy (non-hydrogen) atoms. The molecule has 4 N–H and O–H groups in total. The van der Waals surface area contributed by atoms with Crippen molar-refractivity contribution in [3.63, 3.8) is 0 Å². The molecule has 0 aliphatic heterocycles. The molecule has 0 amide bonds. The van der Waals surface area contributed by atoms with E-state index in [0.717, 1.165) is 12.1 Å². The van der Waals surface area contributed by atoms with Gasteiger partial charge in [0, 0.05) is 0 Å². The quantitative estimate of drug-likeness (QED) is 0.773. The van der Waals surface area contributed by atoms with Crippen molar-refractivity contribution < 1.29 is 32.9 Å². The number of hydrogen-bond acceptors (Lipinski definition) is 4. The topological polar surface area (TPSA) is 92.8 Å². The van der Waals surface area contributed by atoms with Gasteiger partial charge < -0.3 is 20.7 Å². The zero-order chi connectivity index (χ0) is 17.2. The monoisotopic (exact) mass is 363 g/mol. The van der Waals surface area contributed by atoms with E-state index in [2.05, 4.69) is 4.74 Å². The highest BCUT2D eigenvalue weighted by molar-refractivity contribution is 5.91. The third-order valence-corrected chi connectivity index (χ3v) is 3.08. The van der Waals surface area contributed by atoms with Gasteiger partial charge >= 0.3 is 12.3 Å². The molecule has 5 nitrogen and oxygen atoms in total. The number of hydrogen-bond donors (Lipinski definition) is 3. The van der Waals surface area contributed by atoms with E-state index in [4.69, 9.17) is 10.8 Å². The number of phenols is 1. The molecule has 0 saturated carbocycles. The Kier molecular flexibility index (Phi) is 6.05. The summed E-state index contributed by atoms with van der Waals surface area (Å²) in [4.78, 5) is 11.0. The highest BCUT2D eigenvalue weighted by Gasteiger charge is 2.31. The molecule has 130 valence electrons. The third-order valence-electron chi connectivity index (χ3n) is 3.08. The van der Waals surface area contributed by atoms with Crippen molar-refractivity contribution in [3.8, 4) is 11.5 Å². The summed E-state index contributed by atoms with van der Waals surface area (Å²) in [6.45, 7) is 0. The van der Waals surface area contributed by atoms with Crippen LogP contribution in [0.25, 0.3) is 0 Å². The molecule has 0 unspecified atom stereocenters. The van der Waals surface area contributed by atoms with Gasteiger partial charge in [0.15, 0.2) is 0 Å². The minimum atomic E-state index is -4.78. The zero-order valence-corrected chi connectivity index (χ0v) is 12.8. The van der Waals surface area contributed by atoms with Crippen LogP contribution in [0.2, 0.25) is 0 Å². The first kappa shape index (κ1) is 19.6.